The number of ether oxygens (including phenoxy) is 2. The Morgan fingerprint density at radius 3 is 2.65 bits per heavy atom. The van der Waals surface area contributed by atoms with Crippen molar-refractivity contribution in [1.29, 1.82) is 0 Å². The normalized spacial score (nSPS) is 23.2. The van der Waals surface area contributed by atoms with Gasteiger partial charge in [0.05, 0.1) is 18.6 Å². The van der Waals surface area contributed by atoms with Gasteiger partial charge in [-0.15, -0.1) is 0 Å². The van der Waals surface area contributed by atoms with Crippen molar-refractivity contribution in [2.75, 3.05) is 7.11 Å². The molecule has 1 atom stereocenters. The summed E-state index contributed by atoms with van der Waals surface area (Å²) in [6, 6.07) is 2.67. The SMILES string of the molecule is COc1cc(Cl)c2c(c1)CC(O)(C(F)(F)F)O2. The lowest BCUT2D eigenvalue weighted by atomic mass is 10.1. The quantitative estimate of drug-likeness (QED) is 0.851. The van der Waals surface area contributed by atoms with Gasteiger partial charge in [-0.25, -0.2) is 0 Å². The Labute approximate surface area is 99.7 Å². The minimum Gasteiger partial charge on any atom is -0.497 e. The van der Waals surface area contributed by atoms with E-state index < -0.39 is 18.4 Å². The van der Waals surface area contributed by atoms with Crippen LogP contribution in [0.25, 0.3) is 0 Å². The van der Waals surface area contributed by atoms with E-state index in [0.717, 1.165) is 0 Å². The molecule has 1 unspecified atom stereocenters. The molecule has 17 heavy (non-hydrogen) atoms. The highest BCUT2D eigenvalue weighted by Gasteiger charge is 2.60. The van der Waals surface area contributed by atoms with Crippen LogP contribution in [-0.4, -0.2) is 24.2 Å². The van der Waals surface area contributed by atoms with E-state index in [2.05, 4.69) is 4.74 Å². The van der Waals surface area contributed by atoms with Crippen LogP contribution in [0.5, 0.6) is 11.5 Å². The van der Waals surface area contributed by atoms with E-state index in [1.165, 1.54) is 19.2 Å². The van der Waals surface area contributed by atoms with Crippen LogP contribution >= 0.6 is 11.6 Å². The Hall–Kier alpha value is -1.14. The lowest BCUT2D eigenvalue weighted by molar-refractivity contribution is -0.327. The first kappa shape index (κ1) is 12.3. The van der Waals surface area contributed by atoms with Gasteiger partial charge in [-0.3, -0.25) is 0 Å². The van der Waals surface area contributed by atoms with Gasteiger partial charge >= 0.3 is 12.0 Å². The van der Waals surface area contributed by atoms with Crippen molar-refractivity contribution in [3.05, 3.63) is 22.7 Å². The van der Waals surface area contributed by atoms with E-state index >= 15 is 0 Å². The van der Waals surface area contributed by atoms with Gasteiger partial charge in [0.15, 0.2) is 0 Å². The van der Waals surface area contributed by atoms with Crippen molar-refractivity contribution in [3.8, 4) is 11.5 Å². The molecule has 0 spiro atoms. The third-order valence-corrected chi connectivity index (χ3v) is 2.75. The predicted octanol–water partition coefficient (Wildman–Crippen LogP) is 2.53. The average molecular weight is 269 g/mol. The highest BCUT2D eigenvalue weighted by atomic mass is 35.5. The Morgan fingerprint density at radius 2 is 2.12 bits per heavy atom. The first-order chi connectivity index (χ1) is 7.77. The Balaban J connectivity index is 2.43. The van der Waals surface area contributed by atoms with E-state index in [9.17, 15) is 18.3 Å². The maximum absolute atomic E-state index is 12.6. The van der Waals surface area contributed by atoms with E-state index in [1.807, 2.05) is 0 Å². The molecule has 0 bridgehead atoms. The maximum atomic E-state index is 12.6. The molecule has 0 aromatic heterocycles. The summed E-state index contributed by atoms with van der Waals surface area (Å²) in [5, 5.41) is 9.36. The summed E-state index contributed by atoms with van der Waals surface area (Å²) in [7, 11) is 1.36. The number of aliphatic hydroxyl groups is 1. The number of fused-ring (bicyclic) bond motifs is 1. The molecule has 1 N–H and O–H groups in total. The number of hydrogen-bond donors (Lipinski definition) is 1. The molecule has 0 fully saturated rings. The monoisotopic (exact) mass is 268 g/mol. The number of rotatable bonds is 1. The summed E-state index contributed by atoms with van der Waals surface area (Å²) in [6.45, 7) is 0. The van der Waals surface area contributed by atoms with Crippen LogP contribution in [0.2, 0.25) is 5.02 Å². The van der Waals surface area contributed by atoms with Crippen LogP contribution in [0.1, 0.15) is 5.56 Å². The van der Waals surface area contributed by atoms with Gasteiger partial charge in [-0.1, -0.05) is 11.6 Å². The van der Waals surface area contributed by atoms with Gasteiger partial charge in [0.2, 0.25) is 0 Å². The number of methoxy groups -OCH3 is 1. The molecule has 1 aliphatic rings. The first-order valence-corrected chi connectivity index (χ1v) is 4.99. The molecule has 0 amide bonds. The van der Waals surface area contributed by atoms with Crippen molar-refractivity contribution in [2.24, 2.45) is 0 Å². The lowest BCUT2D eigenvalue weighted by Crippen LogP contribution is -2.49. The van der Waals surface area contributed by atoms with E-state index in [1.54, 1.807) is 0 Å². The Kier molecular flexibility index (Phi) is 2.67. The lowest BCUT2D eigenvalue weighted by Gasteiger charge is -2.24. The van der Waals surface area contributed by atoms with E-state index in [-0.39, 0.29) is 16.3 Å². The number of alkyl halides is 3. The second kappa shape index (κ2) is 3.68. The summed E-state index contributed by atoms with van der Waals surface area (Å²) in [5.41, 5.74) is 0.161. The van der Waals surface area contributed by atoms with E-state index in [0.29, 0.717) is 5.75 Å². The highest BCUT2D eigenvalue weighted by molar-refractivity contribution is 6.32. The van der Waals surface area contributed by atoms with E-state index in [4.69, 9.17) is 16.3 Å². The molecule has 0 saturated carbocycles. The molecule has 7 heteroatoms. The van der Waals surface area contributed by atoms with Gasteiger partial charge in [0.1, 0.15) is 11.5 Å². The summed E-state index contributed by atoms with van der Waals surface area (Å²) in [6.07, 6.45) is -5.59. The fraction of sp³-hybridized carbons (Fsp3) is 0.400. The number of benzene rings is 1. The molecule has 0 radical (unpaired) electrons. The summed E-state index contributed by atoms with van der Waals surface area (Å²) < 4.78 is 47.1. The first-order valence-electron chi connectivity index (χ1n) is 4.61. The number of hydrogen-bond acceptors (Lipinski definition) is 3. The van der Waals surface area contributed by atoms with Crippen LogP contribution < -0.4 is 9.47 Å². The minimum absolute atomic E-state index is 0.0282. The van der Waals surface area contributed by atoms with Crippen LogP contribution in [0.4, 0.5) is 13.2 Å². The van der Waals surface area contributed by atoms with Crippen LogP contribution in [0.3, 0.4) is 0 Å². The standard InChI is InChI=1S/C10H8ClF3O3/c1-16-6-2-5-4-9(15,10(12,13)14)17-8(5)7(11)3-6/h2-3,15H,4H2,1H3. The molecular formula is C10H8ClF3O3. The minimum atomic E-state index is -4.89. The molecule has 2 rings (SSSR count). The fourth-order valence-corrected chi connectivity index (χ4v) is 1.87. The van der Waals surface area contributed by atoms with Crippen molar-refractivity contribution < 1.29 is 27.8 Å². The summed E-state index contributed by atoms with van der Waals surface area (Å²) in [5.74, 6) is -3.07. The molecule has 94 valence electrons. The molecule has 3 nitrogen and oxygen atoms in total. The molecule has 1 aromatic carbocycles. The molecule has 1 aliphatic heterocycles. The fourth-order valence-electron chi connectivity index (χ4n) is 1.61. The molecule has 1 heterocycles. The largest absolute Gasteiger partial charge is 0.497 e. The average Bonchev–Trinajstić information content (AvgIpc) is 2.55. The zero-order valence-corrected chi connectivity index (χ0v) is 9.39. The Morgan fingerprint density at radius 1 is 1.47 bits per heavy atom. The highest BCUT2D eigenvalue weighted by Crippen LogP contribution is 2.47. The van der Waals surface area contributed by atoms with Gasteiger partial charge in [0.25, 0.3) is 0 Å². The predicted molar refractivity (Wildman–Crippen MR) is 53.3 cm³/mol. The van der Waals surface area contributed by atoms with Crippen LogP contribution in [0.15, 0.2) is 12.1 Å². The zero-order valence-electron chi connectivity index (χ0n) is 8.64. The number of halogens is 4. The summed E-state index contributed by atoms with van der Waals surface area (Å²) >= 11 is 5.75. The van der Waals surface area contributed by atoms with Crippen LogP contribution in [-0.2, 0) is 6.42 Å². The third-order valence-electron chi connectivity index (χ3n) is 2.47. The zero-order chi connectivity index (χ0) is 12.8. The van der Waals surface area contributed by atoms with Gasteiger partial charge in [-0.05, 0) is 6.07 Å². The van der Waals surface area contributed by atoms with Gasteiger partial charge in [-0.2, -0.15) is 13.2 Å². The van der Waals surface area contributed by atoms with Gasteiger partial charge < -0.3 is 14.6 Å². The Bertz CT molecular complexity index is 461. The van der Waals surface area contributed by atoms with Crippen molar-refractivity contribution in [2.45, 2.75) is 18.4 Å². The molecule has 0 aliphatic carbocycles. The van der Waals surface area contributed by atoms with Gasteiger partial charge in [0, 0.05) is 11.6 Å². The van der Waals surface area contributed by atoms with Crippen LogP contribution in [0, 0.1) is 0 Å². The molecule has 0 saturated heterocycles. The van der Waals surface area contributed by atoms with Crippen molar-refractivity contribution in [1.82, 2.24) is 0 Å². The second-order valence-corrected chi connectivity index (χ2v) is 4.07. The van der Waals surface area contributed by atoms with Crippen molar-refractivity contribution >= 4 is 11.6 Å². The molecule has 1 aromatic rings. The second-order valence-electron chi connectivity index (χ2n) is 3.66. The molecular weight excluding hydrogens is 261 g/mol. The smallest absolute Gasteiger partial charge is 0.455 e. The summed E-state index contributed by atoms with van der Waals surface area (Å²) in [4.78, 5) is 0. The third kappa shape index (κ3) is 1.91. The maximum Gasteiger partial charge on any atom is 0.455 e. The topological polar surface area (TPSA) is 38.7 Å². The van der Waals surface area contributed by atoms with Crippen molar-refractivity contribution in [3.63, 3.8) is 0 Å².